The van der Waals surface area contributed by atoms with Gasteiger partial charge in [-0.25, -0.2) is 0 Å². The predicted octanol–water partition coefficient (Wildman–Crippen LogP) is 6.96. The third-order valence-electron chi connectivity index (χ3n) is 4.81. The van der Waals surface area contributed by atoms with Crippen LogP contribution in [-0.2, 0) is 5.41 Å². The number of hydrogen-bond donors (Lipinski definition) is 0. The van der Waals surface area contributed by atoms with E-state index in [1.165, 1.54) is 38.2 Å². The molecule has 0 radical (unpaired) electrons. The molecule has 0 nitrogen and oxygen atoms in total. The van der Waals surface area contributed by atoms with E-state index in [1.807, 2.05) is 0 Å². The van der Waals surface area contributed by atoms with Crippen LogP contribution >= 0.6 is 0 Å². The SMILES string of the molecule is CC(C)(C)c1cccc(-c2ccc3c(ccc4ccccc43)c2)c1. The lowest BCUT2D eigenvalue weighted by Gasteiger charge is -2.20. The molecule has 0 heteroatoms. The Morgan fingerprint density at radius 1 is 0.542 bits per heavy atom. The Hall–Kier alpha value is -2.60. The second-order valence-corrected chi connectivity index (χ2v) is 7.55. The maximum absolute atomic E-state index is 2.32. The Balaban J connectivity index is 1.88. The van der Waals surface area contributed by atoms with Crippen LogP contribution in [0.3, 0.4) is 0 Å². The molecule has 0 saturated carbocycles. The van der Waals surface area contributed by atoms with E-state index in [0.29, 0.717) is 0 Å². The first-order valence-corrected chi connectivity index (χ1v) is 8.55. The van der Waals surface area contributed by atoms with Gasteiger partial charge in [-0.3, -0.25) is 0 Å². The number of rotatable bonds is 1. The standard InChI is InChI=1S/C24H22/c1-24(2,3)21-9-6-8-18(16-21)19-13-14-23-20(15-19)12-11-17-7-4-5-10-22(17)23/h4-16H,1-3H3. The highest BCUT2D eigenvalue weighted by molar-refractivity contribution is 6.08. The first kappa shape index (κ1) is 15.0. The minimum absolute atomic E-state index is 0.170. The van der Waals surface area contributed by atoms with E-state index >= 15 is 0 Å². The summed E-state index contributed by atoms with van der Waals surface area (Å²) in [6.07, 6.45) is 0. The van der Waals surface area contributed by atoms with Crippen LogP contribution in [0, 0.1) is 0 Å². The Kier molecular flexibility index (Phi) is 3.42. The van der Waals surface area contributed by atoms with Crippen LogP contribution < -0.4 is 0 Å². The minimum Gasteiger partial charge on any atom is -0.0616 e. The molecule has 0 bridgehead atoms. The molecule has 0 aliphatic rings. The van der Waals surface area contributed by atoms with Crippen molar-refractivity contribution in [1.29, 1.82) is 0 Å². The number of hydrogen-bond acceptors (Lipinski definition) is 0. The zero-order chi connectivity index (χ0) is 16.7. The summed E-state index contributed by atoms with van der Waals surface area (Å²) in [6.45, 7) is 6.79. The van der Waals surface area contributed by atoms with Gasteiger partial charge in [-0.2, -0.15) is 0 Å². The third-order valence-corrected chi connectivity index (χ3v) is 4.81. The maximum atomic E-state index is 2.32. The fourth-order valence-electron chi connectivity index (χ4n) is 3.36. The van der Waals surface area contributed by atoms with Crippen LogP contribution in [0.1, 0.15) is 26.3 Å². The molecule has 0 atom stereocenters. The van der Waals surface area contributed by atoms with Crippen molar-refractivity contribution >= 4 is 21.5 Å². The van der Waals surface area contributed by atoms with Gasteiger partial charge in [0.05, 0.1) is 0 Å². The smallest absolute Gasteiger partial charge is 0.0105 e. The lowest BCUT2D eigenvalue weighted by atomic mass is 9.85. The molecular weight excluding hydrogens is 288 g/mol. The largest absolute Gasteiger partial charge is 0.0616 e. The van der Waals surface area contributed by atoms with Crippen molar-refractivity contribution in [2.45, 2.75) is 26.2 Å². The van der Waals surface area contributed by atoms with Gasteiger partial charge in [-0.15, -0.1) is 0 Å². The van der Waals surface area contributed by atoms with Crippen LogP contribution in [0.15, 0.2) is 78.9 Å². The summed E-state index contributed by atoms with van der Waals surface area (Å²) in [6, 6.07) is 28.8. The van der Waals surface area contributed by atoms with Gasteiger partial charge >= 0.3 is 0 Å². The fourth-order valence-corrected chi connectivity index (χ4v) is 3.36. The van der Waals surface area contributed by atoms with Gasteiger partial charge in [0.1, 0.15) is 0 Å². The average Bonchev–Trinajstić information content (AvgIpc) is 2.60. The Bertz CT molecular complexity index is 1030. The number of fused-ring (bicyclic) bond motifs is 3. The van der Waals surface area contributed by atoms with Crippen molar-refractivity contribution in [1.82, 2.24) is 0 Å². The molecule has 0 unspecified atom stereocenters. The van der Waals surface area contributed by atoms with Gasteiger partial charge in [0.25, 0.3) is 0 Å². The molecule has 0 heterocycles. The quantitative estimate of drug-likeness (QED) is 0.333. The molecule has 0 aliphatic carbocycles. The van der Waals surface area contributed by atoms with Crippen LogP contribution in [0.2, 0.25) is 0 Å². The third kappa shape index (κ3) is 2.59. The highest BCUT2D eigenvalue weighted by Crippen LogP contribution is 2.31. The summed E-state index contributed by atoms with van der Waals surface area (Å²) in [5, 5.41) is 5.24. The zero-order valence-electron chi connectivity index (χ0n) is 14.5. The van der Waals surface area contributed by atoms with Gasteiger partial charge in [0.2, 0.25) is 0 Å². The van der Waals surface area contributed by atoms with E-state index in [1.54, 1.807) is 0 Å². The van der Waals surface area contributed by atoms with Crippen molar-refractivity contribution < 1.29 is 0 Å². The molecule has 118 valence electrons. The minimum atomic E-state index is 0.170. The van der Waals surface area contributed by atoms with Crippen molar-refractivity contribution in [3.63, 3.8) is 0 Å². The molecule has 0 aromatic heterocycles. The molecule has 4 aromatic carbocycles. The van der Waals surface area contributed by atoms with Crippen LogP contribution in [0.4, 0.5) is 0 Å². The molecule has 4 rings (SSSR count). The van der Waals surface area contributed by atoms with Crippen LogP contribution in [-0.4, -0.2) is 0 Å². The van der Waals surface area contributed by atoms with E-state index < -0.39 is 0 Å². The molecule has 0 N–H and O–H groups in total. The highest BCUT2D eigenvalue weighted by Gasteiger charge is 2.14. The Morgan fingerprint density at radius 2 is 1.25 bits per heavy atom. The van der Waals surface area contributed by atoms with Crippen molar-refractivity contribution in [2.75, 3.05) is 0 Å². The van der Waals surface area contributed by atoms with Gasteiger partial charge in [-0.1, -0.05) is 93.6 Å². The van der Waals surface area contributed by atoms with Gasteiger partial charge in [0, 0.05) is 0 Å². The first-order chi connectivity index (χ1) is 11.5. The van der Waals surface area contributed by atoms with Crippen molar-refractivity contribution in [2.24, 2.45) is 0 Å². The van der Waals surface area contributed by atoms with Gasteiger partial charge in [0.15, 0.2) is 0 Å². The molecule has 0 amide bonds. The fraction of sp³-hybridized carbons (Fsp3) is 0.167. The summed E-state index contributed by atoms with van der Waals surface area (Å²) >= 11 is 0. The normalized spacial score (nSPS) is 12.0. The van der Waals surface area contributed by atoms with Crippen LogP contribution in [0.5, 0.6) is 0 Å². The summed E-state index contributed by atoms with van der Waals surface area (Å²) in [5.74, 6) is 0. The summed E-state index contributed by atoms with van der Waals surface area (Å²) in [4.78, 5) is 0. The lowest BCUT2D eigenvalue weighted by Crippen LogP contribution is -2.10. The summed E-state index contributed by atoms with van der Waals surface area (Å²) < 4.78 is 0. The molecule has 0 saturated heterocycles. The second-order valence-electron chi connectivity index (χ2n) is 7.55. The monoisotopic (exact) mass is 310 g/mol. The van der Waals surface area contributed by atoms with E-state index in [9.17, 15) is 0 Å². The maximum Gasteiger partial charge on any atom is -0.0105 e. The van der Waals surface area contributed by atoms with Gasteiger partial charge in [-0.05, 0) is 49.7 Å². The van der Waals surface area contributed by atoms with Crippen molar-refractivity contribution in [3.05, 3.63) is 84.4 Å². The average molecular weight is 310 g/mol. The van der Waals surface area contributed by atoms with Crippen LogP contribution in [0.25, 0.3) is 32.7 Å². The van der Waals surface area contributed by atoms with Crippen molar-refractivity contribution in [3.8, 4) is 11.1 Å². The first-order valence-electron chi connectivity index (χ1n) is 8.55. The van der Waals surface area contributed by atoms with Gasteiger partial charge < -0.3 is 0 Å². The molecule has 0 spiro atoms. The molecule has 0 fully saturated rings. The van der Waals surface area contributed by atoms with E-state index in [4.69, 9.17) is 0 Å². The predicted molar refractivity (Wildman–Crippen MR) is 106 cm³/mol. The molecule has 24 heavy (non-hydrogen) atoms. The summed E-state index contributed by atoms with van der Waals surface area (Å²) in [5.41, 5.74) is 4.11. The zero-order valence-corrected chi connectivity index (χ0v) is 14.5. The highest BCUT2D eigenvalue weighted by atomic mass is 14.2. The Labute approximate surface area is 143 Å². The second kappa shape index (κ2) is 5.49. The Morgan fingerprint density at radius 3 is 2.08 bits per heavy atom. The molecule has 4 aromatic rings. The van der Waals surface area contributed by atoms with E-state index in [0.717, 1.165) is 0 Å². The lowest BCUT2D eigenvalue weighted by molar-refractivity contribution is 0.590. The van der Waals surface area contributed by atoms with E-state index in [2.05, 4.69) is 99.6 Å². The molecular formula is C24H22. The summed E-state index contributed by atoms with van der Waals surface area (Å²) in [7, 11) is 0. The molecule has 0 aliphatic heterocycles. The topological polar surface area (TPSA) is 0 Å². The number of benzene rings is 4. The van der Waals surface area contributed by atoms with E-state index in [-0.39, 0.29) is 5.41 Å².